The summed E-state index contributed by atoms with van der Waals surface area (Å²) in [4.78, 5) is 10.3. The van der Waals surface area contributed by atoms with Crippen LogP contribution in [0.5, 0.6) is 0 Å². The quantitative estimate of drug-likeness (QED) is 0.570. The Morgan fingerprint density at radius 1 is 1.54 bits per heavy atom. The molecule has 1 fully saturated rings. The molecule has 0 radical (unpaired) electrons. The average Bonchev–Trinajstić information content (AvgIpc) is 2.47. The van der Waals surface area contributed by atoms with E-state index in [1.54, 1.807) is 0 Å². The SMILES string of the molecule is CC1(CCCCC(=O)O)CCSS1. The first-order chi connectivity index (χ1) is 6.12. The van der Waals surface area contributed by atoms with E-state index in [1.165, 1.54) is 12.2 Å². The first-order valence-electron chi connectivity index (χ1n) is 4.65. The molecule has 0 aromatic heterocycles. The summed E-state index contributed by atoms with van der Waals surface area (Å²) < 4.78 is 0.420. The Labute approximate surface area is 87.3 Å². The van der Waals surface area contributed by atoms with Crippen molar-refractivity contribution in [3.05, 3.63) is 0 Å². The predicted molar refractivity (Wildman–Crippen MR) is 59.2 cm³/mol. The lowest BCUT2D eigenvalue weighted by atomic mass is 9.99. The average molecular weight is 220 g/mol. The summed E-state index contributed by atoms with van der Waals surface area (Å²) in [5.74, 6) is 0.582. The van der Waals surface area contributed by atoms with Gasteiger partial charge in [-0.25, -0.2) is 0 Å². The normalized spacial score (nSPS) is 27.8. The molecular weight excluding hydrogens is 204 g/mol. The summed E-state index contributed by atoms with van der Waals surface area (Å²) in [6, 6.07) is 0. The van der Waals surface area contributed by atoms with Crippen LogP contribution in [0.2, 0.25) is 0 Å². The summed E-state index contributed by atoms with van der Waals surface area (Å²) in [6.45, 7) is 2.29. The van der Waals surface area contributed by atoms with Crippen LogP contribution in [0.25, 0.3) is 0 Å². The molecule has 0 aliphatic carbocycles. The Kier molecular flexibility index (Phi) is 4.46. The van der Waals surface area contributed by atoms with Crippen LogP contribution in [-0.2, 0) is 4.79 Å². The summed E-state index contributed by atoms with van der Waals surface area (Å²) in [5, 5.41) is 8.46. The third kappa shape index (κ3) is 4.27. The summed E-state index contributed by atoms with van der Waals surface area (Å²) in [7, 11) is 3.92. The van der Waals surface area contributed by atoms with E-state index in [9.17, 15) is 4.79 Å². The van der Waals surface area contributed by atoms with Crippen molar-refractivity contribution in [3.63, 3.8) is 0 Å². The van der Waals surface area contributed by atoms with Gasteiger partial charge in [0.05, 0.1) is 0 Å². The van der Waals surface area contributed by atoms with Crippen LogP contribution in [0, 0.1) is 0 Å². The lowest BCUT2D eigenvalue weighted by Crippen LogP contribution is -2.15. The van der Waals surface area contributed by atoms with Gasteiger partial charge in [0, 0.05) is 16.9 Å². The van der Waals surface area contributed by atoms with E-state index in [2.05, 4.69) is 6.92 Å². The van der Waals surface area contributed by atoms with Crippen molar-refractivity contribution in [3.8, 4) is 0 Å². The van der Waals surface area contributed by atoms with E-state index in [-0.39, 0.29) is 0 Å². The first kappa shape index (κ1) is 11.2. The maximum Gasteiger partial charge on any atom is 0.303 e. The van der Waals surface area contributed by atoms with Gasteiger partial charge in [0.15, 0.2) is 0 Å². The molecule has 1 heterocycles. The van der Waals surface area contributed by atoms with Gasteiger partial charge < -0.3 is 5.11 Å². The minimum atomic E-state index is -0.668. The van der Waals surface area contributed by atoms with Gasteiger partial charge in [-0.05, 0) is 26.2 Å². The van der Waals surface area contributed by atoms with Gasteiger partial charge in [-0.15, -0.1) is 0 Å². The van der Waals surface area contributed by atoms with E-state index in [4.69, 9.17) is 5.11 Å². The third-order valence-electron chi connectivity index (χ3n) is 2.32. The molecule has 2 nitrogen and oxygen atoms in total. The maximum absolute atomic E-state index is 10.3. The highest BCUT2D eigenvalue weighted by Gasteiger charge is 2.29. The molecule has 4 heteroatoms. The largest absolute Gasteiger partial charge is 0.481 e. The van der Waals surface area contributed by atoms with Gasteiger partial charge in [-0.3, -0.25) is 4.79 Å². The molecule has 0 aromatic carbocycles. The summed E-state index contributed by atoms with van der Waals surface area (Å²) in [5.41, 5.74) is 0. The molecule has 0 amide bonds. The van der Waals surface area contributed by atoms with E-state index in [1.807, 2.05) is 21.6 Å². The number of hydrogen-bond donors (Lipinski definition) is 1. The fourth-order valence-electron chi connectivity index (χ4n) is 1.42. The van der Waals surface area contributed by atoms with Crippen molar-refractivity contribution in [2.75, 3.05) is 5.75 Å². The van der Waals surface area contributed by atoms with Crippen LogP contribution in [0.15, 0.2) is 0 Å². The fourth-order valence-corrected chi connectivity index (χ4v) is 4.72. The molecule has 0 saturated carbocycles. The molecule has 0 aromatic rings. The van der Waals surface area contributed by atoms with E-state index in [0.29, 0.717) is 11.2 Å². The second-order valence-corrected chi connectivity index (χ2v) is 6.71. The molecule has 1 N–H and O–H groups in total. The van der Waals surface area contributed by atoms with Crippen LogP contribution < -0.4 is 0 Å². The van der Waals surface area contributed by atoms with Crippen LogP contribution >= 0.6 is 21.6 Å². The topological polar surface area (TPSA) is 37.3 Å². The van der Waals surface area contributed by atoms with Gasteiger partial charge in [0.25, 0.3) is 0 Å². The lowest BCUT2D eigenvalue weighted by molar-refractivity contribution is -0.137. The first-order valence-corrected chi connectivity index (χ1v) is 6.97. The van der Waals surface area contributed by atoms with Crippen molar-refractivity contribution in [2.45, 2.75) is 43.8 Å². The smallest absolute Gasteiger partial charge is 0.303 e. The molecule has 1 saturated heterocycles. The molecule has 1 atom stereocenters. The Morgan fingerprint density at radius 3 is 2.85 bits per heavy atom. The standard InChI is InChI=1S/C9H16O2S2/c1-9(6-7-12-13-9)5-3-2-4-8(10)11/h2-7H2,1H3,(H,10,11). The summed E-state index contributed by atoms with van der Waals surface area (Å²) >= 11 is 0. The zero-order chi connectivity index (χ0) is 9.73. The molecule has 0 bridgehead atoms. The molecule has 1 rings (SSSR count). The van der Waals surface area contributed by atoms with Crippen LogP contribution in [0.1, 0.15) is 39.0 Å². The number of carboxylic acids is 1. The number of carbonyl (C=O) groups is 1. The number of hydrogen-bond acceptors (Lipinski definition) is 3. The molecule has 13 heavy (non-hydrogen) atoms. The Bertz CT molecular complexity index is 176. The Morgan fingerprint density at radius 2 is 2.31 bits per heavy atom. The Balaban J connectivity index is 2.07. The Hall–Kier alpha value is 0.170. The van der Waals surface area contributed by atoms with Crippen molar-refractivity contribution >= 4 is 27.6 Å². The van der Waals surface area contributed by atoms with Crippen molar-refractivity contribution < 1.29 is 9.90 Å². The lowest BCUT2D eigenvalue weighted by Gasteiger charge is -2.20. The number of aliphatic carboxylic acids is 1. The summed E-state index contributed by atoms with van der Waals surface area (Å²) in [6.07, 6.45) is 4.65. The molecule has 0 spiro atoms. The van der Waals surface area contributed by atoms with E-state index >= 15 is 0 Å². The molecule has 1 aliphatic rings. The van der Waals surface area contributed by atoms with Crippen LogP contribution in [-0.4, -0.2) is 21.6 Å². The minimum Gasteiger partial charge on any atom is -0.481 e. The minimum absolute atomic E-state index is 0.327. The van der Waals surface area contributed by atoms with Crippen LogP contribution in [0.3, 0.4) is 0 Å². The maximum atomic E-state index is 10.3. The number of unbranched alkanes of at least 4 members (excludes halogenated alkanes) is 1. The van der Waals surface area contributed by atoms with Crippen molar-refractivity contribution in [2.24, 2.45) is 0 Å². The predicted octanol–water partition coefficient (Wildman–Crippen LogP) is 3.18. The van der Waals surface area contributed by atoms with Gasteiger partial charge in [-0.2, -0.15) is 0 Å². The number of rotatable bonds is 5. The fraction of sp³-hybridized carbons (Fsp3) is 0.889. The van der Waals surface area contributed by atoms with E-state index in [0.717, 1.165) is 19.3 Å². The zero-order valence-electron chi connectivity index (χ0n) is 7.91. The van der Waals surface area contributed by atoms with Gasteiger partial charge in [0.1, 0.15) is 0 Å². The molecule has 76 valence electrons. The van der Waals surface area contributed by atoms with Crippen molar-refractivity contribution in [1.29, 1.82) is 0 Å². The second kappa shape index (κ2) is 5.15. The second-order valence-electron chi connectivity index (χ2n) is 3.71. The molecule has 1 unspecified atom stereocenters. The monoisotopic (exact) mass is 220 g/mol. The van der Waals surface area contributed by atoms with Gasteiger partial charge in [0.2, 0.25) is 0 Å². The zero-order valence-corrected chi connectivity index (χ0v) is 9.55. The van der Waals surface area contributed by atoms with Gasteiger partial charge >= 0.3 is 5.97 Å². The molecular formula is C9H16O2S2. The third-order valence-corrected chi connectivity index (χ3v) is 5.68. The highest BCUT2D eigenvalue weighted by Crippen LogP contribution is 2.49. The van der Waals surface area contributed by atoms with Crippen LogP contribution in [0.4, 0.5) is 0 Å². The molecule has 1 aliphatic heterocycles. The highest BCUT2D eigenvalue weighted by molar-refractivity contribution is 8.77. The van der Waals surface area contributed by atoms with Crippen molar-refractivity contribution in [1.82, 2.24) is 0 Å². The number of carboxylic acid groups (broad SMARTS) is 1. The highest BCUT2D eigenvalue weighted by atomic mass is 33.1. The van der Waals surface area contributed by atoms with E-state index < -0.39 is 5.97 Å². The van der Waals surface area contributed by atoms with Gasteiger partial charge in [-0.1, -0.05) is 28.0 Å².